The largest absolute Gasteiger partial charge is 0.390 e. The van der Waals surface area contributed by atoms with Crippen LogP contribution in [0.15, 0.2) is 0 Å². The number of aliphatic hydroxyl groups is 1. The quantitative estimate of drug-likeness (QED) is 0.636. The van der Waals surface area contributed by atoms with Crippen LogP contribution in [-0.2, 0) is 9.47 Å². The van der Waals surface area contributed by atoms with Crippen molar-refractivity contribution < 1.29 is 14.6 Å². The van der Waals surface area contributed by atoms with Crippen LogP contribution in [0.1, 0.15) is 13.8 Å². The standard InChI is InChI=1S/C8H16O3/c1-6(2)8(9)7-5-10-3-4-11-7/h6-9H,3-5H2,1-2H3. The average molecular weight is 160 g/mol. The monoisotopic (exact) mass is 160 g/mol. The SMILES string of the molecule is CC(C)C(O)C1COCCO1. The van der Waals surface area contributed by atoms with Crippen LogP contribution in [0.3, 0.4) is 0 Å². The van der Waals surface area contributed by atoms with Crippen molar-refractivity contribution in [1.29, 1.82) is 0 Å². The third-order valence-corrected chi connectivity index (χ3v) is 1.91. The molecule has 0 radical (unpaired) electrons. The lowest BCUT2D eigenvalue weighted by atomic mass is 10.0. The van der Waals surface area contributed by atoms with Crippen LogP contribution in [0, 0.1) is 5.92 Å². The summed E-state index contributed by atoms with van der Waals surface area (Å²) < 4.78 is 10.5. The van der Waals surface area contributed by atoms with Gasteiger partial charge in [0.15, 0.2) is 0 Å². The highest BCUT2D eigenvalue weighted by atomic mass is 16.6. The maximum absolute atomic E-state index is 9.55. The van der Waals surface area contributed by atoms with Gasteiger partial charge in [-0.1, -0.05) is 13.8 Å². The van der Waals surface area contributed by atoms with Crippen molar-refractivity contribution in [1.82, 2.24) is 0 Å². The molecule has 0 bridgehead atoms. The first-order chi connectivity index (χ1) is 5.22. The third kappa shape index (κ3) is 2.43. The first-order valence-corrected chi connectivity index (χ1v) is 4.09. The Morgan fingerprint density at radius 2 is 2.09 bits per heavy atom. The van der Waals surface area contributed by atoms with Crippen LogP contribution >= 0.6 is 0 Å². The molecule has 0 aromatic carbocycles. The molecule has 0 aromatic rings. The molecule has 1 heterocycles. The van der Waals surface area contributed by atoms with Gasteiger partial charge in [0.05, 0.1) is 25.9 Å². The summed E-state index contributed by atoms with van der Waals surface area (Å²) in [6, 6.07) is 0. The zero-order valence-corrected chi connectivity index (χ0v) is 7.12. The molecule has 1 saturated heterocycles. The highest BCUT2D eigenvalue weighted by molar-refractivity contribution is 4.73. The minimum Gasteiger partial charge on any atom is -0.390 e. The first kappa shape index (κ1) is 8.97. The number of hydrogen-bond acceptors (Lipinski definition) is 3. The second kappa shape index (κ2) is 4.04. The summed E-state index contributed by atoms with van der Waals surface area (Å²) in [5, 5.41) is 9.55. The van der Waals surface area contributed by atoms with Gasteiger partial charge in [-0.2, -0.15) is 0 Å². The molecule has 1 fully saturated rings. The molecule has 11 heavy (non-hydrogen) atoms. The van der Waals surface area contributed by atoms with Crippen molar-refractivity contribution in [3.05, 3.63) is 0 Å². The molecule has 0 spiro atoms. The van der Waals surface area contributed by atoms with E-state index < -0.39 is 6.10 Å². The van der Waals surface area contributed by atoms with Gasteiger partial charge in [0.25, 0.3) is 0 Å². The normalized spacial score (nSPS) is 28.9. The summed E-state index contributed by atoms with van der Waals surface area (Å²) in [6.07, 6.45) is -0.515. The summed E-state index contributed by atoms with van der Waals surface area (Å²) >= 11 is 0. The van der Waals surface area contributed by atoms with E-state index in [4.69, 9.17) is 9.47 Å². The van der Waals surface area contributed by atoms with Crippen LogP contribution in [0.4, 0.5) is 0 Å². The zero-order valence-electron chi connectivity index (χ0n) is 7.12. The highest BCUT2D eigenvalue weighted by Gasteiger charge is 2.25. The molecule has 1 aliphatic heterocycles. The Kier molecular flexibility index (Phi) is 3.30. The van der Waals surface area contributed by atoms with Gasteiger partial charge in [-0.25, -0.2) is 0 Å². The Labute approximate surface area is 67.3 Å². The minimum atomic E-state index is -0.393. The third-order valence-electron chi connectivity index (χ3n) is 1.91. The van der Waals surface area contributed by atoms with E-state index in [2.05, 4.69) is 0 Å². The molecular weight excluding hydrogens is 144 g/mol. The van der Waals surface area contributed by atoms with E-state index in [1.54, 1.807) is 0 Å². The molecule has 1 aliphatic rings. The Morgan fingerprint density at radius 3 is 2.55 bits per heavy atom. The second-order valence-corrected chi connectivity index (χ2v) is 3.22. The van der Waals surface area contributed by atoms with E-state index in [0.717, 1.165) is 0 Å². The molecule has 0 amide bonds. The Balaban J connectivity index is 2.32. The van der Waals surface area contributed by atoms with Crippen molar-refractivity contribution in [2.45, 2.75) is 26.1 Å². The molecule has 0 saturated carbocycles. The first-order valence-electron chi connectivity index (χ1n) is 4.09. The summed E-state index contributed by atoms with van der Waals surface area (Å²) in [6.45, 7) is 5.74. The molecule has 3 nitrogen and oxygen atoms in total. The Bertz CT molecular complexity index is 108. The number of hydrogen-bond donors (Lipinski definition) is 1. The maximum atomic E-state index is 9.55. The van der Waals surface area contributed by atoms with Crippen molar-refractivity contribution in [3.8, 4) is 0 Å². The molecule has 3 heteroatoms. The molecule has 2 atom stereocenters. The smallest absolute Gasteiger partial charge is 0.107 e. The van der Waals surface area contributed by atoms with Gasteiger partial charge < -0.3 is 14.6 Å². The van der Waals surface area contributed by atoms with Crippen LogP contribution in [0.5, 0.6) is 0 Å². The van der Waals surface area contributed by atoms with Crippen molar-refractivity contribution in [2.75, 3.05) is 19.8 Å². The Morgan fingerprint density at radius 1 is 1.36 bits per heavy atom. The van der Waals surface area contributed by atoms with E-state index in [0.29, 0.717) is 19.8 Å². The van der Waals surface area contributed by atoms with Crippen molar-refractivity contribution in [3.63, 3.8) is 0 Å². The zero-order chi connectivity index (χ0) is 8.27. The van der Waals surface area contributed by atoms with Crippen LogP contribution in [0.25, 0.3) is 0 Å². The maximum Gasteiger partial charge on any atom is 0.107 e. The van der Waals surface area contributed by atoms with E-state index >= 15 is 0 Å². The fraction of sp³-hybridized carbons (Fsp3) is 1.00. The van der Waals surface area contributed by atoms with Crippen molar-refractivity contribution >= 4 is 0 Å². The van der Waals surface area contributed by atoms with Gasteiger partial charge in [-0.3, -0.25) is 0 Å². The topological polar surface area (TPSA) is 38.7 Å². The lowest BCUT2D eigenvalue weighted by molar-refractivity contribution is -0.141. The molecular formula is C8H16O3. The predicted molar refractivity (Wildman–Crippen MR) is 41.4 cm³/mol. The number of aliphatic hydroxyl groups excluding tert-OH is 1. The van der Waals surface area contributed by atoms with Gasteiger partial charge in [0.2, 0.25) is 0 Å². The van der Waals surface area contributed by atoms with Gasteiger partial charge >= 0.3 is 0 Å². The number of ether oxygens (including phenoxy) is 2. The molecule has 1 N–H and O–H groups in total. The average Bonchev–Trinajstić information content (AvgIpc) is 2.05. The fourth-order valence-corrected chi connectivity index (χ4v) is 1.13. The van der Waals surface area contributed by atoms with Gasteiger partial charge in [-0.15, -0.1) is 0 Å². The lowest BCUT2D eigenvalue weighted by Gasteiger charge is -2.29. The summed E-state index contributed by atoms with van der Waals surface area (Å²) in [5.74, 6) is 0.238. The van der Waals surface area contributed by atoms with E-state index in [1.165, 1.54) is 0 Å². The molecule has 0 aliphatic carbocycles. The number of rotatable bonds is 2. The highest BCUT2D eigenvalue weighted by Crippen LogP contribution is 2.12. The molecule has 1 rings (SSSR count). The summed E-state index contributed by atoms with van der Waals surface area (Å²) in [7, 11) is 0. The summed E-state index contributed by atoms with van der Waals surface area (Å²) in [4.78, 5) is 0. The fourth-order valence-electron chi connectivity index (χ4n) is 1.13. The van der Waals surface area contributed by atoms with E-state index in [1.807, 2.05) is 13.8 Å². The minimum absolute atomic E-state index is 0.122. The van der Waals surface area contributed by atoms with Crippen LogP contribution in [-0.4, -0.2) is 37.1 Å². The van der Waals surface area contributed by atoms with Gasteiger partial charge in [-0.05, 0) is 5.92 Å². The van der Waals surface area contributed by atoms with Crippen LogP contribution in [0.2, 0.25) is 0 Å². The molecule has 2 unspecified atom stereocenters. The van der Waals surface area contributed by atoms with E-state index in [9.17, 15) is 5.11 Å². The van der Waals surface area contributed by atoms with Crippen molar-refractivity contribution in [2.24, 2.45) is 5.92 Å². The van der Waals surface area contributed by atoms with E-state index in [-0.39, 0.29) is 12.0 Å². The van der Waals surface area contributed by atoms with Gasteiger partial charge in [0, 0.05) is 0 Å². The predicted octanol–water partition coefficient (Wildman–Crippen LogP) is 0.419. The lowest BCUT2D eigenvalue weighted by Crippen LogP contribution is -2.41. The molecule has 66 valence electrons. The van der Waals surface area contributed by atoms with Crippen LogP contribution < -0.4 is 0 Å². The Hall–Kier alpha value is -0.120. The second-order valence-electron chi connectivity index (χ2n) is 3.22. The summed E-state index contributed by atoms with van der Waals surface area (Å²) in [5.41, 5.74) is 0. The van der Waals surface area contributed by atoms with Gasteiger partial charge in [0.1, 0.15) is 6.10 Å². The molecule has 0 aromatic heterocycles.